The zero-order chi connectivity index (χ0) is 18.0. The lowest BCUT2D eigenvalue weighted by Gasteiger charge is -2.36. The lowest BCUT2D eigenvalue weighted by atomic mass is 9.95. The van der Waals surface area contributed by atoms with Crippen LogP contribution >= 0.6 is 0 Å². The Kier molecular flexibility index (Phi) is 4.82. The highest BCUT2D eigenvalue weighted by Crippen LogP contribution is 2.58. The maximum Gasteiger partial charge on any atom is 0.226 e. The van der Waals surface area contributed by atoms with Crippen molar-refractivity contribution in [2.24, 2.45) is 11.3 Å². The van der Waals surface area contributed by atoms with Crippen molar-refractivity contribution in [3.05, 3.63) is 66.2 Å². The first-order chi connectivity index (χ1) is 12.7. The van der Waals surface area contributed by atoms with E-state index in [2.05, 4.69) is 47.4 Å². The SMILES string of the molecule is CCC(=O)N(CC12CC1CCN(Cc1ccccc1)C2)c1ccccc1. The third-order valence-corrected chi connectivity index (χ3v) is 6.08. The van der Waals surface area contributed by atoms with Crippen molar-refractivity contribution in [1.82, 2.24) is 4.90 Å². The predicted molar refractivity (Wildman–Crippen MR) is 106 cm³/mol. The fourth-order valence-electron chi connectivity index (χ4n) is 4.55. The van der Waals surface area contributed by atoms with Gasteiger partial charge >= 0.3 is 0 Å². The summed E-state index contributed by atoms with van der Waals surface area (Å²) in [6.45, 7) is 6.12. The monoisotopic (exact) mass is 348 g/mol. The summed E-state index contributed by atoms with van der Waals surface area (Å²) in [4.78, 5) is 17.2. The van der Waals surface area contributed by atoms with Crippen LogP contribution in [-0.2, 0) is 11.3 Å². The zero-order valence-electron chi connectivity index (χ0n) is 15.6. The molecule has 3 nitrogen and oxygen atoms in total. The van der Waals surface area contributed by atoms with Gasteiger partial charge in [0.05, 0.1) is 0 Å². The third-order valence-electron chi connectivity index (χ3n) is 6.08. The van der Waals surface area contributed by atoms with E-state index in [-0.39, 0.29) is 11.3 Å². The summed E-state index contributed by atoms with van der Waals surface area (Å²) in [5.41, 5.74) is 2.71. The molecule has 2 atom stereocenters. The molecule has 2 fully saturated rings. The Morgan fingerprint density at radius 2 is 1.81 bits per heavy atom. The maximum atomic E-state index is 12.6. The van der Waals surface area contributed by atoms with Gasteiger partial charge in [0.1, 0.15) is 0 Å². The molecule has 1 amide bonds. The molecule has 0 spiro atoms. The number of nitrogens with zero attached hydrogens (tertiary/aromatic N) is 2. The largest absolute Gasteiger partial charge is 0.312 e. The molecule has 0 aromatic heterocycles. The molecule has 1 saturated heterocycles. The Balaban J connectivity index is 1.48. The number of amides is 1. The number of hydrogen-bond donors (Lipinski definition) is 0. The van der Waals surface area contributed by atoms with Crippen molar-refractivity contribution in [2.45, 2.75) is 32.7 Å². The van der Waals surface area contributed by atoms with E-state index in [4.69, 9.17) is 0 Å². The number of hydrogen-bond acceptors (Lipinski definition) is 2. The number of anilines is 1. The van der Waals surface area contributed by atoms with Crippen molar-refractivity contribution >= 4 is 11.6 Å². The van der Waals surface area contributed by atoms with Gasteiger partial charge in [-0.2, -0.15) is 0 Å². The van der Waals surface area contributed by atoms with Crippen LogP contribution in [0.4, 0.5) is 5.69 Å². The summed E-state index contributed by atoms with van der Waals surface area (Å²) in [7, 11) is 0. The number of fused-ring (bicyclic) bond motifs is 1. The molecule has 26 heavy (non-hydrogen) atoms. The van der Waals surface area contributed by atoms with E-state index < -0.39 is 0 Å². The smallest absolute Gasteiger partial charge is 0.226 e. The van der Waals surface area contributed by atoms with Gasteiger partial charge in [-0.3, -0.25) is 9.69 Å². The molecule has 0 bridgehead atoms. The minimum atomic E-state index is 0.233. The van der Waals surface area contributed by atoms with Gasteiger partial charge in [0.25, 0.3) is 0 Å². The van der Waals surface area contributed by atoms with Gasteiger partial charge in [-0.15, -0.1) is 0 Å². The highest BCUT2D eigenvalue weighted by atomic mass is 16.2. The van der Waals surface area contributed by atoms with E-state index in [9.17, 15) is 4.79 Å². The Bertz CT molecular complexity index is 745. The molecule has 2 unspecified atom stereocenters. The molecular formula is C23H28N2O. The van der Waals surface area contributed by atoms with Gasteiger partial charge in [-0.05, 0) is 43.0 Å². The molecular weight excluding hydrogens is 320 g/mol. The van der Waals surface area contributed by atoms with E-state index >= 15 is 0 Å². The molecule has 0 N–H and O–H groups in total. The summed E-state index contributed by atoms with van der Waals surface area (Å²) in [5, 5.41) is 0. The Morgan fingerprint density at radius 1 is 1.12 bits per heavy atom. The fraction of sp³-hybridized carbons (Fsp3) is 0.435. The van der Waals surface area contributed by atoms with Crippen LogP contribution < -0.4 is 4.90 Å². The zero-order valence-corrected chi connectivity index (χ0v) is 15.6. The first kappa shape index (κ1) is 17.3. The lowest BCUT2D eigenvalue weighted by Crippen LogP contribution is -2.44. The van der Waals surface area contributed by atoms with Gasteiger partial charge in [-0.25, -0.2) is 0 Å². The second-order valence-electron chi connectivity index (χ2n) is 7.92. The van der Waals surface area contributed by atoms with Crippen molar-refractivity contribution in [1.29, 1.82) is 0 Å². The predicted octanol–water partition coefficient (Wildman–Crippen LogP) is 4.34. The Labute approximate surface area is 156 Å². The average molecular weight is 348 g/mol. The van der Waals surface area contributed by atoms with Crippen molar-refractivity contribution in [3.63, 3.8) is 0 Å². The minimum Gasteiger partial charge on any atom is -0.312 e. The number of benzene rings is 2. The van der Waals surface area contributed by atoms with Crippen LogP contribution in [0.25, 0.3) is 0 Å². The summed E-state index contributed by atoms with van der Waals surface area (Å²) in [6.07, 6.45) is 3.08. The standard InChI is InChI=1S/C23H28N2O/c1-2-22(26)25(21-11-7-4-8-12-21)18-23-15-20(23)13-14-24(17-23)16-19-9-5-3-6-10-19/h3-12,20H,2,13-18H2,1H3. The van der Waals surface area contributed by atoms with E-state index in [0.29, 0.717) is 6.42 Å². The normalized spacial score (nSPS) is 24.7. The molecule has 2 aromatic carbocycles. The van der Waals surface area contributed by atoms with Gasteiger partial charge in [-0.1, -0.05) is 55.5 Å². The first-order valence-electron chi connectivity index (χ1n) is 9.82. The summed E-state index contributed by atoms with van der Waals surface area (Å²) in [6, 6.07) is 20.9. The van der Waals surface area contributed by atoms with Crippen LogP contribution in [0.5, 0.6) is 0 Å². The highest BCUT2D eigenvalue weighted by Gasteiger charge is 2.57. The maximum absolute atomic E-state index is 12.6. The summed E-state index contributed by atoms with van der Waals surface area (Å²) < 4.78 is 0. The van der Waals surface area contributed by atoms with Crippen LogP contribution in [-0.4, -0.2) is 30.4 Å². The second kappa shape index (κ2) is 7.24. The van der Waals surface area contributed by atoms with Gasteiger partial charge < -0.3 is 4.90 Å². The van der Waals surface area contributed by atoms with Gasteiger partial charge in [0.15, 0.2) is 0 Å². The van der Waals surface area contributed by atoms with Crippen molar-refractivity contribution in [2.75, 3.05) is 24.5 Å². The van der Waals surface area contributed by atoms with Crippen LogP contribution in [0.1, 0.15) is 31.7 Å². The van der Waals surface area contributed by atoms with Crippen molar-refractivity contribution < 1.29 is 4.79 Å². The molecule has 1 heterocycles. The van der Waals surface area contributed by atoms with Gasteiger partial charge in [0, 0.05) is 37.2 Å². The topological polar surface area (TPSA) is 23.6 Å². The fourth-order valence-corrected chi connectivity index (χ4v) is 4.55. The number of likely N-dealkylation sites (tertiary alicyclic amines) is 1. The number of piperidine rings is 1. The first-order valence-corrected chi connectivity index (χ1v) is 9.82. The molecule has 1 saturated carbocycles. The molecule has 136 valence electrons. The Morgan fingerprint density at radius 3 is 2.50 bits per heavy atom. The molecule has 1 aliphatic carbocycles. The van der Waals surface area contributed by atoms with E-state index in [0.717, 1.165) is 31.2 Å². The number of rotatable bonds is 6. The van der Waals surface area contributed by atoms with Gasteiger partial charge in [0.2, 0.25) is 5.91 Å². The number of carbonyl (C=O) groups is 1. The van der Waals surface area contributed by atoms with E-state index in [1.54, 1.807) is 0 Å². The lowest BCUT2D eigenvalue weighted by molar-refractivity contribution is -0.118. The summed E-state index contributed by atoms with van der Waals surface area (Å²) in [5.74, 6) is 1.02. The van der Waals surface area contributed by atoms with E-state index in [1.807, 2.05) is 30.0 Å². The average Bonchev–Trinajstić information content (AvgIpc) is 3.40. The summed E-state index contributed by atoms with van der Waals surface area (Å²) >= 11 is 0. The molecule has 0 radical (unpaired) electrons. The van der Waals surface area contributed by atoms with Crippen LogP contribution in [0.15, 0.2) is 60.7 Å². The van der Waals surface area contributed by atoms with Crippen LogP contribution in [0.3, 0.4) is 0 Å². The molecule has 3 heteroatoms. The molecule has 1 aliphatic heterocycles. The van der Waals surface area contributed by atoms with Crippen LogP contribution in [0.2, 0.25) is 0 Å². The molecule has 4 rings (SSSR count). The van der Waals surface area contributed by atoms with Crippen molar-refractivity contribution in [3.8, 4) is 0 Å². The van der Waals surface area contributed by atoms with Crippen LogP contribution in [0, 0.1) is 11.3 Å². The Hall–Kier alpha value is -2.13. The number of carbonyl (C=O) groups excluding carboxylic acids is 1. The quantitative estimate of drug-likeness (QED) is 0.775. The molecule has 2 aromatic rings. The molecule has 2 aliphatic rings. The highest BCUT2D eigenvalue weighted by molar-refractivity contribution is 5.93. The van der Waals surface area contributed by atoms with E-state index in [1.165, 1.54) is 24.9 Å². The number of para-hydroxylation sites is 1. The second-order valence-corrected chi connectivity index (χ2v) is 7.92. The third kappa shape index (κ3) is 3.54. The minimum absolute atomic E-state index is 0.233.